The van der Waals surface area contributed by atoms with Gasteiger partial charge in [0.25, 0.3) is 0 Å². The second-order valence-corrected chi connectivity index (χ2v) is 4.73. The van der Waals surface area contributed by atoms with Crippen molar-refractivity contribution in [2.75, 3.05) is 11.9 Å². The van der Waals surface area contributed by atoms with Crippen LogP contribution in [0, 0.1) is 19.8 Å². The van der Waals surface area contributed by atoms with Gasteiger partial charge < -0.3 is 10.4 Å². The van der Waals surface area contributed by atoms with Gasteiger partial charge >= 0.3 is 5.97 Å². The first-order valence-electron chi connectivity index (χ1n) is 6.66. The molecule has 0 amide bonds. The third kappa shape index (κ3) is 5.63. The minimum absolute atomic E-state index is 0.236. The largest absolute Gasteiger partial charge is 0.481 e. The van der Waals surface area contributed by atoms with Crippen molar-refractivity contribution in [3.8, 4) is 0 Å². The molecule has 6 nitrogen and oxygen atoms in total. The van der Waals surface area contributed by atoms with Gasteiger partial charge in [0.15, 0.2) is 0 Å². The molecule has 0 saturated carbocycles. The summed E-state index contributed by atoms with van der Waals surface area (Å²) in [6.07, 6.45) is 2.86. The van der Waals surface area contributed by atoms with Crippen LogP contribution >= 0.6 is 0 Å². The monoisotopic (exact) mass is 266 g/mol. The average Bonchev–Trinajstić information content (AvgIpc) is 2.37. The average molecular weight is 266 g/mol. The van der Waals surface area contributed by atoms with Crippen molar-refractivity contribution >= 4 is 11.9 Å². The number of hydrogen-bond acceptors (Lipinski definition) is 5. The van der Waals surface area contributed by atoms with Gasteiger partial charge in [-0.05, 0) is 32.6 Å². The standard InChI is InChI=1S/C13H22N4O2/c1-4-11(5-6-12(18)19)7-8-14-13-15-9(2)10(3)16-17-13/h11H,4-8H2,1-3H3,(H,18,19)(H,14,15,17). The Balaban J connectivity index is 2.35. The van der Waals surface area contributed by atoms with Crippen LogP contribution in [0.3, 0.4) is 0 Å². The highest BCUT2D eigenvalue weighted by atomic mass is 16.4. The molecule has 106 valence electrons. The summed E-state index contributed by atoms with van der Waals surface area (Å²) < 4.78 is 0. The number of carboxylic acid groups (broad SMARTS) is 1. The lowest BCUT2D eigenvalue weighted by Crippen LogP contribution is -2.13. The summed E-state index contributed by atoms with van der Waals surface area (Å²) in [5.74, 6) is 0.229. The summed E-state index contributed by atoms with van der Waals surface area (Å²) in [7, 11) is 0. The van der Waals surface area contributed by atoms with Gasteiger partial charge in [-0.2, -0.15) is 5.10 Å². The van der Waals surface area contributed by atoms with Crippen LogP contribution in [0.5, 0.6) is 0 Å². The van der Waals surface area contributed by atoms with Crippen LogP contribution in [-0.4, -0.2) is 32.8 Å². The van der Waals surface area contributed by atoms with Crippen LogP contribution in [0.25, 0.3) is 0 Å². The second-order valence-electron chi connectivity index (χ2n) is 4.73. The normalized spacial score (nSPS) is 12.2. The van der Waals surface area contributed by atoms with Gasteiger partial charge in [-0.1, -0.05) is 13.3 Å². The maximum atomic E-state index is 10.5. The van der Waals surface area contributed by atoms with Crippen LogP contribution in [-0.2, 0) is 4.79 Å². The van der Waals surface area contributed by atoms with Gasteiger partial charge in [0, 0.05) is 13.0 Å². The maximum Gasteiger partial charge on any atom is 0.303 e. The molecule has 0 aromatic carbocycles. The molecule has 0 aliphatic carbocycles. The van der Waals surface area contributed by atoms with E-state index in [0.717, 1.165) is 37.2 Å². The van der Waals surface area contributed by atoms with Gasteiger partial charge in [0.05, 0.1) is 11.4 Å². The molecule has 1 atom stereocenters. The Kier molecular flexibility index (Phi) is 6.18. The fourth-order valence-electron chi connectivity index (χ4n) is 1.80. The number of carbonyl (C=O) groups is 1. The van der Waals surface area contributed by atoms with E-state index in [1.54, 1.807) is 0 Å². The molecule has 0 fully saturated rings. The molecule has 0 spiro atoms. The zero-order chi connectivity index (χ0) is 14.3. The summed E-state index contributed by atoms with van der Waals surface area (Å²) >= 11 is 0. The van der Waals surface area contributed by atoms with E-state index in [1.165, 1.54) is 0 Å². The smallest absolute Gasteiger partial charge is 0.303 e. The quantitative estimate of drug-likeness (QED) is 0.749. The van der Waals surface area contributed by atoms with E-state index in [-0.39, 0.29) is 6.42 Å². The molecule has 1 heterocycles. The third-order valence-corrected chi connectivity index (χ3v) is 3.27. The Hall–Kier alpha value is -1.72. The van der Waals surface area contributed by atoms with E-state index in [4.69, 9.17) is 5.11 Å². The first-order chi connectivity index (χ1) is 9.02. The van der Waals surface area contributed by atoms with Crippen LogP contribution in [0.15, 0.2) is 0 Å². The Morgan fingerprint density at radius 3 is 2.58 bits per heavy atom. The molecule has 0 radical (unpaired) electrons. The fourth-order valence-corrected chi connectivity index (χ4v) is 1.80. The van der Waals surface area contributed by atoms with E-state index in [1.807, 2.05) is 13.8 Å². The number of aryl methyl sites for hydroxylation is 2. The fraction of sp³-hybridized carbons (Fsp3) is 0.692. The van der Waals surface area contributed by atoms with Crippen molar-refractivity contribution in [2.24, 2.45) is 5.92 Å². The lowest BCUT2D eigenvalue weighted by atomic mass is 9.97. The minimum atomic E-state index is -0.729. The van der Waals surface area contributed by atoms with Crippen molar-refractivity contribution in [1.82, 2.24) is 15.2 Å². The first-order valence-corrected chi connectivity index (χ1v) is 6.66. The van der Waals surface area contributed by atoms with Crippen molar-refractivity contribution < 1.29 is 9.90 Å². The maximum absolute atomic E-state index is 10.5. The lowest BCUT2D eigenvalue weighted by Gasteiger charge is -2.13. The molecule has 1 aromatic heterocycles. The van der Waals surface area contributed by atoms with Gasteiger partial charge in [0.2, 0.25) is 5.95 Å². The second kappa shape index (κ2) is 7.66. The summed E-state index contributed by atoms with van der Waals surface area (Å²) in [6, 6.07) is 0. The summed E-state index contributed by atoms with van der Waals surface area (Å²) in [6.45, 7) is 6.60. The predicted octanol–water partition coefficient (Wildman–Crippen LogP) is 2.18. The number of aliphatic carboxylic acids is 1. The van der Waals surface area contributed by atoms with Crippen LogP contribution in [0.4, 0.5) is 5.95 Å². The van der Waals surface area contributed by atoms with E-state index in [0.29, 0.717) is 11.9 Å². The molecular weight excluding hydrogens is 244 g/mol. The number of hydrogen-bond donors (Lipinski definition) is 2. The Labute approximate surface area is 113 Å². The van der Waals surface area contributed by atoms with Crippen molar-refractivity contribution in [1.29, 1.82) is 0 Å². The van der Waals surface area contributed by atoms with Crippen LogP contribution in [0.2, 0.25) is 0 Å². The van der Waals surface area contributed by atoms with Gasteiger partial charge in [-0.3, -0.25) is 4.79 Å². The number of carboxylic acids is 1. The number of nitrogens with one attached hydrogen (secondary N) is 1. The Bertz CT molecular complexity index is 423. The molecule has 1 rings (SSSR count). The number of rotatable bonds is 8. The zero-order valence-corrected chi connectivity index (χ0v) is 11.8. The van der Waals surface area contributed by atoms with E-state index in [2.05, 4.69) is 27.4 Å². The Morgan fingerprint density at radius 1 is 1.26 bits per heavy atom. The van der Waals surface area contributed by atoms with Crippen LogP contribution < -0.4 is 5.32 Å². The number of anilines is 1. The summed E-state index contributed by atoms with van der Waals surface area (Å²) in [5, 5.41) is 19.8. The van der Waals surface area contributed by atoms with E-state index in [9.17, 15) is 4.79 Å². The summed E-state index contributed by atoms with van der Waals surface area (Å²) in [4.78, 5) is 14.8. The molecule has 6 heteroatoms. The molecule has 0 aliphatic heterocycles. The molecule has 0 aliphatic rings. The van der Waals surface area contributed by atoms with Crippen molar-refractivity contribution in [2.45, 2.75) is 46.5 Å². The molecular formula is C13H22N4O2. The zero-order valence-electron chi connectivity index (χ0n) is 11.8. The highest BCUT2D eigenvalue weighted by Crippen LogP contribution is 2.15. The minimum Gasteiger partial charge on any atom is -0.481 e. The van der Waals surface area contributed by atoms with Crippen LogP contribution in [0.1, 0.15) is 44.0 Å². The molecule has 2 N–H and O–H groups in total. The highest BCUT2D eigenvalue weighted by molar-refractivity contribution is 5.66. The topological polar surface area (TPSA) is 88.0 Å². The Morgan fingerprint density at radius 2 is 2.00 bits per heavy atom. The molecule has 19 heavy (non-hydrogen) atoms. The summed E-state index contributed by atoms with van der Waals surface area (Å²) in [5.41, 5.74) is 1.70. The van der Waals surface area contributed by atoms with Gasteiger partial charge in [0.1, 0.15) is 0 Å². The van der Waals surface area contributed by atoms with Crippen molar-refractivity contribution in [3.63, 3.8) is 0 Å². The predicted molar refractivity (Wildman–Crippen MR) is 73.1 cm³/mol. The first kappa shape index (κ1) is 15.3. The third-order valence-electron chi connectivity index (χ3n) is 3.27. The lowest BCUT2D eigenvalue weighted by molar-refractivity contribution is -0.137. The molecule has 0 bridgehead atoms. The van der Waals surface area contributed by atoms with Gasteiger partial charge in [-0.15, -0.1) is 5.10 Å². The molecule has 1 aromatic rings. The SMILES string of the molecule is CCC(CCNc1nnc(C)c(C)n1)CCC(=O)O. The highest BCUT2D eigenvalue weighted by Gasteiger charge is 2.09. The number of nitrogens with zero attached hydrogens (tertiary/aromatic N) is 3. The molecule has 1 unspecified atom stereocenters. The molecule has 0 saturated heterocycles. The van der Waals surface area contributed by atoms with E-state index < -0.39 is 5.97 Å². The van der Waals surface area contributed by atoms with Crippen molar-refractivity contribution in [3.05, 3.63) is 11.4 Å². The van der Waals surface area contributed by atoms with Gasteiger partial charge in [-0.25, -0.2) is 4.98 Å². The number of aromatic nitrogens is 3. The van der Waals surface area contributed by atoms with E-state index >= 15 is 0 Å².